The molecule has 1 saturated heterocycles. The first-order valence-corrected chi connectivity index (χ1v) is 7.85. The Labute approximate surface area is 103 Å². The van der Waals surface area contributed by atoms with Gasteiger partial charge in [-0.3, -0.25) is 4.79 Å². The average molecular weight is 260 g/mol. The van der Waals surface area contributed by atoms with Gasteiger partial charge in [0.25, 0.3) is 0 Å². The molecule has 1 aliphatic carbocycles. The second-order valence-corrected chi connectivity index (χ2v) is 7.20. The lowest BCUT2D eigenvalue weighted by molar-refractivity contribution is -0.123. The van der Waals surface area contributed by atoms with Crippen LogP contribution in [0.1, 0.15) is 32.6 Å². The number of nitrogens with one attached hydrogen (secondary N) is 1. The van der Waals surface area contributed by atoms with E-state index in [1.165, 1.54) is 4.31 Å². The molecule has 1 atom stereocenters. The molecule has 0 aromatic rings. The Balaban J connectivity index is 2.01. The topological polar surface area (TPSA) is 66.5 Å². The minimum atomic E-state index is -3.26. The summed E-state index contributed by atoms with van der Waals surface area (Å²) in [6.07, 6.45) is 4.29. The van der Waals surface area contributed by atoms with E-state index in [9.17, 15) is 13.2 Å². The van der Waals surface area contributed by atoms with Crippen molar-refractivity contribution in [3.05, 3.63) is 0 Å². The largest absolute Gasteiger partial charge is 0.351 e. The third kappa shape index (κ3) is 3.19. The van der Waals surface area contributed by atoms with Crippen LogP contribution >= 0.6 is 0 Å². The zero-order valence-electron chi connectivity index (χ0n) is 10.2. The van der Waals surface area contributed by atoms with Crippen molar-refractivity contribution < 1.29 is 13.2 Å². The number of hydrogen-bond donors (Lipinski definition) is 1. The first-order valence-electron chi connectivity index (χ1n) is 6.24. The van der Waals surface area contributed by atoms with Gasteiger partial charge < -0.3 is 5.32 Å². The molecule has 1 aliphatic heterocycles. The van der Waals surface area contributed by atoms with Gasteiger partial charge in [0.15, 0.2) is 0 Å². The molecule has 17 heavy (non-hydrogen) atoms. The second-order valence-electron chi connectivity index (χ2n) is 5.19. The number of carbonyl (C=O) groups excluding carboxylic acids is 1. The van der Waals surface area contributed by atoms with Gasteiger partial charge in [0.1, 0.15) is 0 Å². The summed E-state index contributed by atoms with van der Waals surface area (Å²) in [5.74, 6) is 0.312. The van der Waals surface area contributed by atoms with E-state index < -0.39 is 10.0 Å². The molecule has 1 saturated carbocycles. The van der Waals surface area contributed by atoms with Gasteiger partial charge >= 0.3 is 0 Å². The van der Waals surface area contributed by atoms with E-state index >= 15 is 0 Å². The molecule has 2 aliphatic rings. The zero-order valence-corrected chi connectivity index (χ0v) is 11.0. The van der Waals surface area contributed by atoms with E-state index in [0.29, 0.717) is 12.5 Å². The van der Waals surface area contributed by atoms with Gasteiger partial charge in [-0.1, -0.05) is 12.8 Å². The molecule has 0 radical (unpaired) electrons. The van der Waals surface area contributed by atoms with Gasteiger partial charge in [-0.05, 0) is 25.7 Å². The normalized spacial score (nSPS) is 28.3. The van der Waals surface area contributed by atoms with E-state index in [2.05, 4.69) is 5.32 Å². The van der Waals surface area contributed by atoms with Gasteiger partial charge in [-0.15, -0.1) is 0 Å². The summed E-state index contributed by atoms with van der Waals surface area (Å²) < 4.78 is 25.7. The molecule has 98 valence electrons. The van der Waals surface area contributed by atoms with Crippen LogP contribution in [0.4, 0.5) is 0 Å². The number of sulfonamides is 1. The van der Waals surface area contributed by atoms with Crippen molar-refractivity contribution >= 4 is 15.9 Å². The van der Waals surface area contributed by atoms with E-state index in [1.807, 2.05) is 6.92 Å². The second kappa shape index (κ2) is 4.94. The lowest BCUT2D eigenvalue weighted by Crippen LogP contribution is -2.55. The number of carbonyl (C=O) groups is 1. The first kappa shape index (κ1) is 12.8. The maximum Gasteiger partial charge on any atom is 0.235 e. The van der Waals surface area contributed by atoms with Crippen molar-refractivity contribution in [3.63, 3.8) is 0 Å². The molecule has 0 unspecified atom stereocenters. The standard InChI is InChI=1S/C11H20N2O3S/c1-9-6-13(7-11(14)12-9)17(15,16)8-10-4-2-3-5-10/h9-10H,2-8H2,1H3,(H,12,14)/t9-/m0/s1. The molecule has 0 bridgehead atoms. The Morgan fingerprint density at radius 2 is 2.00 bits per heavy atom. The number of piperazine rings is 1. The Morgan fingerprint density at radius 3 is 2.59 bits per heavy atom. The number of nitrogens with zero attached hydrogens (tertiary/aromatic N) is 1. The van der Waals surface area contributed by atoms with Crippen LogP contribution in [0.5, 0.6) is 0 Å². The summed E-state index contributed by atoms with van der Waals surface area (Å²) in [4.78, 5) is 11.4. The molecular formula is C11H20N2O3S. The van der Waals surface area contributed by atoms with Crippen molar-refractivity contribution in [2.75, 3.05) is 18.8 Å². The van der Waals surface area contributed by atoms with Crippen LogP contribution in [-0.2, 0) is 14.8 Å². The van der Waals surface area contributed by atoms with Crippen molar-refractivity contribution in [1.29, 1.82) is 0 Å². The fourth-order valence-electron chi connectivity index (χ4n) is 2.69. The van der Waals surface area contributed by atoms with Crippen molar-refractivity contribution in [3.8, 4) is 0 Å². The van der Waals surface area contributed by atoms with Crippen LogP contribution in [0.2, 0.25) is 0 Å². The third-order valence-electron chi connectivity index (χ3n) is 3.52. The van der Waals surface area contributed by atoms with Crippen LogP contribution in [-0.4, -0.2) is 43.5 Å². The van der Waals surface area contributed by atoms with Crippen molar-refractivity contribution in [2.45, 2.75) is 38.6 Å². The highest BCUT2D eigenvalue weighted by atomic mass is 32.2. The van der Waals surface area contributed by atoms with Crippen LogP contribution in [0.15, 0.2) is 0 Å². The fourth-order valence-corrected chi connectivity index (χ4v) is 4.59. The minimum Gasteiger partial charge on any atom is -0.351 e. The van der Waals surface area contributed by atoms with Gasteiger partial charge in [0, 0.05) is 12.6 Å². The highest BCUT2D eigenvalue weighted by Gasteiger charge is 2.33. The summed E-state index contributed by atoms with van der Waals surface area (Å²) >= 11 is 0. The summed E-state index contributed by atoms with van der Waals surface area (Å²) in [7, 11) is -3.26. The maximum absolute atomic E-state index is 12.2. The van der Waals surface area contributed by atoms with Crippen LogP contribution in [0.3, 0.4) is 0 Å². The van der Waals surface area contributed by atoms with Crippen LogP contribution in [0, 0.1) is 5.92 Å². The monoisotopic (exact) mass is 260 g/mol. The Hall–Kier alpha value is -0.620. The van der Waals surface area contributed by atoms with E-state index in [4.69, 9.17) is 0 Å². The smallest absolute Gasteiger partial charge is 0.235 e. The highest BCUT2D eigenvalue weighted by molar-refractivity contribution is 7.89. The summed E-state index contributed by atoms with van der Waals surface area (Å²) in [6.45, 7) is 2.22. The molecule has 0 aromatic carbocycles. The summed E-state index contributed by atoms with van der Waals surface area (Å²) in [5.41, 5.74) is 0. The number of rotatable bonds is 3. The maximum atomic E-state index is 12.2. The molecule has 0 aromatic heterocycles. The fraction of sp³-hybridized carbons (Fsp3) is 0.909. The SMILES string of the molecule is C[C@H]1CN(S(=O)(=O)CC2CCCC2)CC(=O)N1. The number of hydrogen-bond acceptors (Lipinski definition) is 3. The molecule has 2 rings (SSSR count). The summed E-state index contributed by atoms with van der Waals surface area (Å²) in [5, 5.41) is 2.73. The highest BCUT2D eigenvalue weighted by Crippen LogP contribution is 2.27. The third-order valence-corrected chi connectivity index (χ3v) is 5.48. The van der Waals surface area contributed by atoms with E-state index in [-0.39, 0.29) is 24.2 Å². The lowest BCUT2D eigenvalue weighted by atomic mass is 10.1. The Bertz CT molecular complexity index is 388. The van der Waals surface area contributed by atoms with Crippen LogP contribution in [0.25, 0.3) is 0 Å². The van der Waals surface area contributed by atoms with E-state index in [0.717, 1.165) is 25.7 Å². The van der Waals surface area contributed by atoms with Crippen molar-refractivity contribution in [2.24, 2.45) is 5.92 Å². The van der Waals surface area contributed by atoms with Crippen LogP contribution < -0.4 is 5.32 Å². The van der Waals surface area contributed by atoms with Gasteiger partial charge in [-0.25, -0.2) is 8.42 Å². The lowest BCUT2D eigenvalue weighted by Gasteiger charge is -2.31. The van der Waals surface area contributed by atoms with Gasteiger partial charge in [-0.2, -0.15) is 4.31 Å². The quantitative estimate of drug-likeness (QED) is 0.795. The van der Waals surface area contributed by atoms with E-state index in [1.54, 1.807) is 0 Å². The van der Waals surface area contributed by atoms with Gasteiger partial charge in [0.2, 0.25) is 15.9 Å². The predicted octanol–water partition coefficient (Wildman–Crippen LogP) is 0.327. The number of amides is 1. The molecule has 2 fully saturated rings. The molecule has 1 N–H and O–H groups in total. The van der Waals surface area contributed by atoms with Crippen molar-refractivity contribution in [1.82, 2.24) is 9.62 Å². The Kier molecular flexibility index (Phi) is 3.73. The molecule has 6 heteroatoms. The van der Waals surface area contributed by atoms with Gasteiger partial charge in [0.05, 0.1) is 12.3 Å². The molecule has 0 spiro atoms. The molecule has 5 nitrogen and oxygen atoms in total. The average Bonchev–Trinajstić information content (AvgIpc) is 2.68. The first-order chi connectivity index (χ1) is 7.97. The molecule has 1 amide bonds. The molecule has 1 heterocycles. The predicted molar refractivity (Wildman–Crippen MR) is 64.9 cm³/mol. The Morgan fingerprint density at radius 1 is 1.35 bits per heavy atom. The zero-order chi connectivity index (χ0) is 12.5. The summed E-state index contributed by atoms with van der Waals surface area (Å²) in [6, 6.07) is -0.0883. The molecular weight excluding hydrogens is 240 g/mol. The minimum absolute atomic E-state index is 0.0145.